The van der Waals surface area contributed by atoms with E-state index in [1.165, 1.54) is 12.5 Å². The van der Waals surface area contributed by atoms with Gasteiger partial charge in [0.05, 0.1) is 11.8 Å². The van der Waals surface area contributed by atoms with Gasteiger partial charge in [0, 0.05) is 38.1 Å². The molecule has 0 spiro atoms. The second-order valence-corrected chi connectivity index (χ2v) is 6.60. The van der Waals surface area contributed by atoms with Crippen molar-refractivity contribution in [2.45, 2.75) is 57.0 Å². The Morgan fingerprint density at radius 1 is 1.25 bits per heavy atom. The largest absolute Gasteiger partial charge is 0.475 e. The summed E-state index contributed by atoms with van der Waals surface area (Å²) in [5.41, 5.74) is 0.676. The summed E-state index contributed by atoms with van der Waals surface area (Å²) in [4.78, 5) is 25.1. The molecular weight excluding hydrogens is 312 g/mol. The molecular formula is C17H24N2O5. The third-order valence-corrected chi connectivity index (χ3v) is 4.96. The molecule has 1 unspecified atom stereocenters. The maximum atomic E-state index is 12.3. The molecule has 0 radical (unpaired) electrons. The topological polar surface area (TPSA) is 92.9 Å². The summed E-state index contributed by atoms with van der Waals surface area (Å²) >= 11 is 0. The van der Waals surface area contributed by atoms with Crippen molar-refractivity contribution in [1.82, 2.24) is 10.1 Å². The Morgan fingerprint density at radius 2 is 2.04 bits per heavy atom. The van der Waals surface area contributed by atoms with Gasteiger partial charge in [0.15, 0.2) is 0 Å². The Labute approximate surface area is 140 Å². The maximum absolute atomic E-state index is 12.3. The minimum atomic E-state index is -1.11. The summed E-state index contributed by atoms with van der Waals surface area (Å²) in [6.45, 7) is 2.19. The number of rotatable bonds is 5. The molecule has 1 aromatic heterocycles. The molecule has 7 heteroatoms. The predicted octanol–water partition coefficient (Wildman–Crippen LogP) is 2.43. The highest BCUT2D eigenvalue weighted by atomic mass is 16.5. The lowest BCUT2D eigenvalue weighted by Crippen LogP contribution is -2.38. The van der Waals surface area contributed by atoms with E-state index in [9.17, 15) is 9.59 Å². The zero-order valence-electron chi connectivity index (χ0n) is 13.8. The summed E-state index contributed by atoms with van der Waals surface area (Å²) in [6.07, 6.45) is 6.56. The van der Waals surface area contributed by atoms with Crippen LogP contribution in [-0.2, 0) is 9.53 Å². The van der Waals surface area contributed by atoms with Crippen LogP contribution in [0.4, 0.5) is 0 Å². The van der Waals surface area contributed by atoms with Crippen molar-refractivity contribution in [3.8, 4) is 0 Å². The highest BCUT2D eigenvalue weighted by molar-refractivity contribution is 5.84. The third-order valence-electron chi connectivity index (χ3n) is 4.96. The summed E-state index contributed by atoms with van der Waals surface area (Å²) in [5.74, 6) is -0.885. The van der Waals surface area contributed by atoms with Crippen LogP contribution in [0.1, 0.15) is 67.1 Å². The fourth-order valence-corrected chi connectivity index (χ4v) is 3.48. The highest BCUT2D eigenvalue weighted by Gasteiger charge is 2.27. The molecule has 1 aromatic rings. The Bertz CT molecular complexity index is 571. The molecule has 1 atom stereocenters. The van der Waals surface area contributed by atoms with Gasteiger partial charge in [0.25, 0.3) is 0 Å². The molecule has 24 heavy (non-hydrogen) atoms. The van der Waals surface area contributed by atoms with Crippen LogP contribution >= 0.6 is 0 Å². The first-order chi connectivity index (χ1) is 11.6. The van der Waals surface area contributed by atoms with Gasteiger partial charge >= 0.3 is 5.97 Å². The van der Waals surface area contributed by atoms with Gasteiger partial charge in [0.1, 0.15) is 0 Å². The molecule has 2 saturated heterocycles. The lowest BCUT2D eigenvalue weighted by Gasteiger charge is -2.31. The van der Waals surface area contributed by atoms with E-state index in [1.807, 2.05) is 4.90 Å². The number of carbonyl (C=O) groups is 2. The number of nitrogens with zero attached hydrogens (tertiary/aromatic N) is 2. The van der Waals surface area contributed by atoms with Gasteiger partial charge in [-0.3, -0.25) is 4.79 Å². The summed E-state index contributed by atoms with van der Waals surface area (Å²) in [6, 6.07) is 1.49. The Morgan fingerprint density at radius 3 is 2.67 bits per heavy atom. The number of hydrogen-bond acceptors (Lipinski definition) is 5. The molecule has 0 saturated carbocycles. The van der Waals surface area contributed by atoms with Crippen molar-refractivity contribution in [2.75, 3.05) is 19.7 Å². The third kappa shape index (κ3) is 4.14. The average Bonchev–Trinajstić information content (AvgIpc) is 3.11. The van der Waals surface area contributed by atoms with Crippen LogP contribution in [0.25, 0.3) is 0 Å². The van der Waals surface area contributed by atoms with Crippen LogP contribution in [-0.4, -0.2) is 52.8 Å². The molecule has 2 aliphatic rings. The molecule has 3 heterocycles. The SMILES string of the molecule is O=C(O)c1cc(C2CCN(C(=O)CCC3CCCCO3)CC2)no1. The molecule has 1 amide bonds. The maximum Gasteiger partial charge on any atom is 0.374 e. The molecule has 7 nitrogen and oxygen atoms in total. The zero-order valence-corrected chi connectivity index (χ0v) is 13.8. The lowest BCUT2D eigenvalue weighted by atomic mass is 9.93. The Balaban J connectivity index is 1.43. The fraction of sp³-hybridized carbons (Fsp3) is 0.706. The van der Waals surface area contributed by atoms with Crippen LogP contribution in [0.3, 0.4) is 0 Å². The molecule has 0 aromatic carbocycles. The number of carboxylic acids is 1. The van der Waals surface area contributed by atoms with Crippen LogP contribution in [0.5, 0.6) is 0 Å². The number of piperidine rings is 1. The molecule has 0 aliphatic carbocycles. The van der Waals surface area contributed by atoms with E-state index in [-0.39, 0.29) is 23.7 Å². The monoisotopic (exact) mass is 336 g/mol. The van der Waals surface area contributed by atoms with E-state index < -0.39 is 5.97 Å². The standard InChI is InChI=1S/C17H24N2O5/c20-16(5-4-13-3-1-2-10-23-13)19-8-6-12(7-9-19)14-11-15(17(21)22)24-18-14/h11-13H,1-10H2,(H,21,22). The number of likely N-dealkylation sites (tertiary alicyclic amines) is 1. The summed E-state index contributed by atoms with van der Waals surface area (Å²) < 4.78 is 10.5. The first-order valence-corrected chi connectivity index (χ1v) is 8.73. The lowest BCUT2D eigenvalue weighted by molar-refractivity contribution is -0.133. The zero-order chi connectivity index (χ0) is 16.9. The van der Waals surface area contributed by atoms with Crippen molar-refractivity contribution in [1.29, 1.82) is 0 Å². The highest BCUT2D eigenvalue weighted by Crippen LogP contribution is 2.28. The van der Waals surface area contributed by atoms with Gasteiger partial charge in [-0.15, -0.1) is 0 Å². The Hall–Kier alpha value is -1.89. The fourth-order valence-electron chi connectivity index (χ4n) is 3.48. The van der Waals surface area contributed by atoms with Crippen molar-refractivity contribution in [3.05, 3.63) is 17.5 Å². The number of carboxylic acid groups (broad SMARTS) is 1. The van der Waals surface area contributed by atoms with Crippen LogP contribution in [0.2, 0.25) is 0 Å². The summed E-state index contributed by atoms with van der Waals surface area (Å²) in [7, 11) is 0. The van der Waals surface area contributed by atoms with E-state index in [2.05, 4.69) is 5.16 Å². The van der Waals surface area contributed by atoms with Crippen molar-refractivity contribution in [3.63, 3.8) is 0 Å². The van der Waals surface area contributed by atoms with Crippen molar-refractivity contribution in [2.24, 2.45) is 0 Å². The molecule has 3 rings (SSSR count). The van der Waals surface area contributed by atoms with Crippen molar-refractivity contribution < 1.29 is 24.0 Å². The van der Waals surface area contributed by atoms with E-state index in [4.69, 9.17) is 14.4 Å². The van der Waals surface area contributed by atoms with Gasteiger partial charge in [-0.1, -0.05) is 5.16 Å². The molecule has 2 fully saturated rings. The number of aromatic carboxylic acids is 1. The quantitative estimate of drug-likeness (QED) is 0.887. The number of ether oxygens (including phenoxy) is 1. The smallest absolute Gasteiger partial charge is 0.374 e. The van der Waals surface area contributed by atoms with Gasteiger partial charge in [-0.2, -0.15) is 0 Å². The van der Waals surface area contributed by atoms with Crippen molar-refractivity contribution >= 4 is 11.9 Å². The predicted molar refractivity (Wildman–Crippen MR) is 84.8 cm³/mol. The second-order valence-electron chi connectivity index (χ2n) is 6.60. The van der Waals surface area contributed by atoms with Gasteiger partial charge in [0.2, 0.25) is 11.7 Å². The number of carbonyl (C=O) groups excluding carboxylic acids is 1. The van der Waals surface area contributed by atoms with E-state index in [1.54, 1.807) is 0 Å². The summed E-state index contributed by atoms with van der Waals surface area (Å²) in [5, 5.41) is 12.7. The number of aromatic nitrogens is 1. The normalized spacial score (nSPS) is 22.5. The molecule has 1 N–H and O–H groups in total. The van der Waals surface area contributed by atoms with Gasteiger partial charge < -0.3 is 19.3 Å². The van der Waals surface area contributed by atoms with E-state index in [0.717, 1.165) is 38.7 Å². The molecule has 132 valence electrons. The van der Waals surface area contributed by atoms with Crippen LogP contribution < -0.4 is 0 Å². The van der Waals surface area contributed by atoms with Gasteiger partial charge in [-0.05, 0) is 38.5 Å². The minimum Gasteiger partial charge on any atom is -0.475 e. The molecule has 0 bridgehead atoms. The number of amides is 1. The molecule has 2 aliphatic heterocycles. The second kappa shape index (κ2) is 7.79. The first kappa shape index (κ1) is 17.0. The van der Waals surface area contributed by atoms with Crippen LogP contribution in [0.15, 0.2) is 10.6 Å². The van der Waals surface area contributed by atoms with Crippen LogP contribution in [0, 0.1) is 0 Å². The minimum absolute atomic E-state index is 0.129. The average molecular weight is 336 g/mol. The first-order valence-electron chi connectivity index (χ1n) is 8.73. The Kier molecular flexibility index (Phi) is 5.50. The van der Waals surface area contributed by atoms with Gasteiger partial charge in [-0.25, -0.2) is 4.79 Å². The van der Waals surface area contributed by atoms with E-state index >= 15 is 0 Å². The van der Waals surface area contributed by atoms with E-state index in [0.29, 0.717) is 25.2 Å². The number of hydrogen-bond donors (Lipinski definition) is 1.